The highest BCUT2D eigenvalue weighted by atomic mass is 15.1. The summed E-state index contributed by atoms with van der Waals surface area (Å²) in [6, 6.07) is 0. The van der Waals surface area contributed by atoms with Crippen molar-refractivity contribution in [1.29, 1.82) is 0 Å². The molecule has 0 aromatic carbocycles. The van der Waals surface area contributed by atoms with Crippen LogP contribution in [0.25, 0.3) is 0 Å². The van der Waals surface area contributed by atoms with E-state index in [1.807, 2.05) is 0 Å². The van der Waals surface area contributed by atoms with E-state index in [0.29, 0.717) is 0 Å². The van der Waals surface area contributed by atoms with E-state index in [4.69, 9.17) is 0 Å². The highest BCUT2D eigenvalue weighted by molar-refractivity contribution is 4.67. The van der Waals surface area contributed by atoms with Crippen molar-refractivity contribution in [3.63, 3.8) is 0 Å². The molecule has 8 heavy (non-hydrogen) atoms. The van der Waals surface area contributed by atoms with Crippen molar-refractivity contribution in [1.82, 2.24) is 4.90 Å². The highest BCUT2D eigenvalue weighted by Gasteiger charge is 2.11. The number of hydrogen-bond acceptors (Lipinski definition) is 1. The topological polar surface area (TPSA) is 3.24 Å². The molecule has 1 nitrogen and oxygen atoms in total. The van der Waals surface area contributed by atoms with Crippen LogP contribution in [0.15, 0.2) is 0 Å². The molecule has 1 saturated heterocycles. The zero-order chi connectivity index (χ0) is 5.98. The van der Waals surface area contributed by atoms with E-state index >= 15 is 0 Å². The Hall–Kier alpha value is -0.0400. The fraction of sp³-hybridized carbons (Fsp3) is 0.857. The molecule has 0 bridgehead atoms. The normalized spacial score (nSPS) is 33.0. The first kappa shape index (κ1) is 6.09. The van der Waals surface area contributed by atoms with Crippen molar-refractivity contribution < 1.29 is 0 Å². The van der Waals surface area contributed by atoms with E-state index in [9.17, 15) is 0 Å². The molecular weight excluding hydrogens is 98.1 g/mol. The molecule has 0 aromatic heterocycles. The van der Waals surface area contributed by atoms with Gasteiger partial charge in [-0.05, 0) is 25.3 Å². The van der Waals surface area contributed by atoms with E-state index in [1.54, 1.807) is 0 Å². The monoisotopic (exact) mass is 112 g/mol. The van der Waals surface area contributed by atoms with Crippen molar-refractivity contribution in [2.24, 2.45) is 5.92 Å². The molecule has 0 aliphatic carbocycles. The molecule has 1 atom stereocenters. The van der Waals surface area contributed by atoms with Crippen molar-refractivity contribution in [3.05, 3.63) is 7.05 Å². The number of hydrogen-bond donors (Lipinski definition) is 0. The first-order valence-electron chi connectivity index (χ1n) is 3.34. The third-order valence-corrected chi connectivity index (χ3v) is 1.74. The Kier molecular flexibility index (Phi) is 1.90. The third-order valence-electron chi connectivity index (χ3n) is 1.74. The molecule has 1 radical (unpaired) electrons. The molecule has 1 fully saturated rings. The van der Waals surface area contributed by atoms with Crippen LogP contribution in [-0.4, -0.2) is 18.0 Å². The Morgan fingerprint density at radius 1 is 1.62 bits per heavy atom. The summed E-state index contributed by atoms with van der Waals surface area (Å²) in [7, 11) is 3.88. The van der Waals surface area contributed by atoms with Gasteiger partial charge in [-0.15, -0.1) is 0 Å². The zero-order valence-electron chi connectivity index (χ0n) is 5.56. The molecule has 0 unspecified atom stereocenters. The summed E-state index contributed by atoms with van der Waals surface area (Å²) in [6.07, 6.45) is 2.73. The maximum Gasteiger partial charge on any atom is 0.0109 e. The minimum absolute atomic E-state index is 0.876. The maximum atomic E-state index is 3.88. The van der Waals surface area contributed by atoms with Gasteiger partial charge in [-0.3, -0.25) is 0 Å². The molecule has 47 valence electrons. The second kappa shape index (κ2) is 2.49. The predicted molar refractivity (Wildman–Crippen MR) is 35.3 cm³/mol. The van der Waals surface area contributed by atoms with Crippen LogP contribution < -0.4 is 0 Å². The minimum atomic E-state index is 0.876. The molecular formula is C7H14N. The molecule has 0 aromatic rings. The molecule has 1 rings (SSSR count). The van der Waals surface area contributed by atoms with Crippen LogP contribution in [-0.2, 0) is 0 Å². The summed E-state index contributed by atoms with van der Waals surface area (Å²) in [5.74, 6) is 0.876. The van der Waals surface area contributed by atoms with E-state index in [-0.39, 0.29) is 0 Å². The van der Waals surface area contributed by atoms with Crippen molar-refractivity contribution >= 4 is 0 Å². The number of likely N-dealkylation sites (tertiary alicyclic amines) is 1. The average Bonchev–Trinajstić information content (AvgIpc) is 1.64. The Labute approximate surface area is 51.7 Å². The van der Waals surface area contributed by atoms with Crippen molar-refractivity contribution in [2.45, 2.75) is 19.8 Å². The van der Waals surface area contributed by atoms with Gasteiger partial charge in [0.2, 0.25) is 0 Å². The first-order valence-corrected chi connectivity index (χ1v) is 3.34. The molecule has 1 heteroatoms. The van der Waals surface area contributed by atoms with Gasteiger partial charge in [-0.2, -0.15) is 0 Å². The Morgan fingerprint density at radius 3 is 2.75 bits per heavy atom. The quantitative estimate of drug-likeness (QED) is 0.459. The minimum Gasteiger partial charge on any atom is -0.302 e. The van der Waals surface area contributed by atoms with E-state index < -0.39 is 0 Å². The number of nitrogens with zero attached hydrogens (tertiary/aromatic N) is 1. The van der Waals surface area contributed by atoms with Gasteiger partial charge < -0.3 is 4.90 Å². The second-order valence-corrected chi connectivity index (χ2v) is 2.82. The molecule has 1 heterocycles. The van der Waals surface area contributed by atoms with Gasteiger partial charge in [0.1, 0.15) is 0 Å². The summed E-state index contributed by atoms with van der Waals surface area (Å²) in [4.78, 5) is 2.16. The summed E-state index contributed by atoms with van der Waals surface area (Å²) < 4.78 is 0. The molecule has 0 saturated carbocycles. The van der Waals surface area contributed by atoms with Crippen LogP contribution in [0.4, 0.5) is 0 Å². The maximum absolute atomic E-state index is 3.88. The van der Waals surface area contributed by atoms with Gasteiger partial charge in [0.05, 0.1) is 0 Å². The van der Waals surface area contributed by atoms with Crippen LogP contribution in [0.2, 0.25) is 0 Å². The van der Waals surface area contributed by atoms with Gasteiger partial charge in [-0.25, -0.2) is 0 Å². The van der Waals surface area contributed by atoms with Crippen LogP contribution in [0.5, 0.6) is 0 Å². The Balaban J connectivity index is 2.23. The standard InChI is InChI=1S/C7H14N/c1-7-4-3-5-8(2)6-7/h7H,2-6H2,1H3/t7-/m1/s1. The fourth-order valence-electron chi connectivity index (χ4n) is 1.29. The Morgan fingerprint density at radius 2 is 2.38 bits per heavy atom. The van der Waals surface area contributed by atoms with E-state index in [2.05, 4.69) is 18.9 Å². The fourth-order valence-corrected chi connectivity index (χ4v) is 1.29. The Bertz CT molecular complexity index is 62.8. The number of rotatable bonds is 0. The molecule has 0 N–H and O–H groups in total. The number of piperidine rings is 1. The van der Waals surface area contributed by atoms with Crippen LogP contribution in [0.3, 0.4) is 0 Å². The lowest BCUT2D eigenvalue weighted by molar-refractivity contribution is 0.244. The summed E-state index contributed by atoms with van der Waals surface area (Å²) in [5, 5.41) is 0. The lowest BCUT2D eigenvalue weighted by Crippen LogP contribution is -2.28. The van der Waals surface area contributed by atoms with Gasteiger partial charge in [0, 0.05) is 13.6 Å². The zero-order valence-corrected chi connectivity index (χ0v) is 5.56. The predicted octanol–water partition coefficient (Wildman–Crippen LogP) is 1.51. The van der Waals surface area contributed by atoms with Crippen LogP contribution in [0.1, 0.15) is 19.8 Å². The molecule has 1 aliphatic heterocycles. The van der Waals surface area contributed by atoms with Gasteiger partial charge in [0.25, 0.3) is 0 Å². The van der Waals surface area contributed by atoms with Gasteiger partial charge in [0.15, 0.2) is 0 Å². The summed E-state index contributed by atoms with van der Waals surface area (Å²) in [5.41, 5.74) is 0. The van der Waals surface area contributed by atoms with Crippen LogP contribution in [0, 0.1) is 13.0 Å². The summed E-state index contributed by atoms with van der Waals surface area (Å²) >= 11 is 0. The third kappa shape index (κ3) is 1.48. The highest BCUT2D eigenvalue weighted by Crippen LogP contribution is 2.13. The molecule has 0 amide bonds. The second-order valence-electron chi connectivity index (χ2n) is 2.82. The van der Waals surface area contributed by atoms with E-state index in [1.165, 1.54) is 25.9 Å². The van der Waals surface area contributed by atoms with Gasteiger partial charge >= 0.3 is 0 Å². The first-order chi connectivity index (χ1) is 3.79. The van der Waals surface area contributed by atoms with Crippen LogP contribution >= 0.6 is 0 Å². The van der Waals surface area contributed by atoms with Crippen molar-refractivity contribution in [2.75, 3.05) is 13.1 Å². The van der Waals surface area contributed by atoms with Crippen molar-refractivity contribution in [3.8, 4) is 0 Å². The lowest BCUT2D eigenvalue weighted by atomic mass is 10.0. The molecule has 0 spiro atoms. The summed E-state index contributed by atoms with van der Waals surface area (Å²) in [6.45, 7) is 4.68. The SMILES string of the molecule is [CH2]N1CCC[C@@H](C)C1. The largest absolute Gasteiger partial charge is 0.302 e. The lowest BCUT2D eigenvalue weighted by Gasteiger charge is -2.26. The van der Waals surface area contributed by atoms with E-state index in [0.717, 1.165) is 5.92 Å². The average molecular weight is 112 g/mol. The van der Waals surface area contributed by atoms with Gasteiger partial charge in [-0.1, -0.05) is 6.92 Å². The molecule has 1 aliphatic rings. The smallest absolute Gasteiger partial charge is 0.0109 e.